The highest BCUT2D eigenvalue weighted by molar-refractivity contribution is 5.78. The molecule has 0 aromatic heterocycles. The number of carbonyl (C=O) groups excluding carboxylic acids is 1. The minimum atomic E-state index is 0.206. The summed E-state index contributed by atoms with van der Waals surface area (Å²) < 4.78 is 11.8. The van der Waals surface area contributed by atoms with E-state index in [4.69, 9.17) is 9.47 Å². The van der Waals surface area contributed by atoms with E-state index in [2.05, 4.69) is 24.8 Å². The van der Waals surface area contributed by atoms with Gasteiger partial charge in [-0.3, -0.25) is 4.79 Å². The first kappa shape index (κ1) is 17.7. The van der Waals surface area contributed by atoms with Crippen LogP contribution in [-0.2, 0) is 24.1 Å². The number of amides is 1. The second kappa shape index (κ2) is 7.50. The highest BCUT2D eigenvalue weighted by Crippen LogP contribution is 2.42. The van der Waals surface area contributed by atoms with Crippen LogP contribution in [0.4, 0.5) is 0 Å². The van der Waals surface area contributed by atoms with E-state index in [1.54, 1.807) is 0 Å². The Morgan fingerprint density at radius 3 is 2.62 bits per heavy atom. The summed E-state index contributed by atoms with van der Waals surface area (Å²) >= 11 is 0. The van der Waals surface area contributed by atoms with Gasteiger partial charge in [0, 0.05) is 48.5 Å². The van der Waals surface area contributed by atoms with Crippen LogP contribution in [-0.4, -0.2) is 37.1 Å². The predicted molar refractivity (Wildman–Crippen MR) is 102 cm³/mol. The number of rotatable bonds is 5. The zero-order valence-electron chi connectivity index (χ0n) is 16.2. The molecule has 0 saturated carbocycles. The quantitative estimate of drug-likeness (QED) is 0.805. The Balaban J connectivity index is 1.44. The molecule has 1 aromatic rings. The van der Waals surface area contributed by atoms with Crippen molar-refractivity contribution in [3.05, 3.63) is 22.8 Å². The minimum absolute atomic E-state index is 0.206. The topological polar surface area (TPSA) is 38.8 Å². The number of hydrogen-bond donors (Lipinski definition) is 0. The van der Waals surface area contributed by atoms with E-state index in [0.29, 0.717) is 11.8 Å². The summed E-state index contributed by atoms with van der Waals surface area (Å²) in [5.74, 6) is 3.45. The zero-order chi connectivity index (χ0) is 18.1. The molecule has 4 rings (SSSR count). The summed E-state index contributed by atoms with van der Waals surface area (Å²) in [5, 5.41) is 0. The van der Waals surface area contributed by atoms with Gasteiger partial charge < -0.3 is 14.4 Å². The SMILES string of the molecule is CCC(CC)C(=O)N1CCC(Cc2c3c(cc4c2OCC4)OCC3)CC1. The summed E-state index contributed by atoms with van der Waals surface area (Å²) in [5.41, 5.74) is 4.10. The first-order valence-corrected chi connectivity index (χ1v) is 10.4. The van der Waals surface area contributed by atoms with Crippen LogP contribution in [0, 0.1) is 11.8 Å². The van der Waals surface area contributed by atoms with Gasteiger partial charge in [-0.2, -0.15) is 0 Å². The first-order valence-electron chi connectivity index (χ1n) is 10.4. The van der Waals surface area contributed by atoms with Crippen LogP contribution in [0.3, 0.4) is 0 Å². The van der Waals surface area contributed by atoms with Crippen molar-refractivity contribution in [3.8, 4) is 11.5 Å². The van der Waals surface area contributed by atoms with Gasteiger partial charge in [0.05, 0.1) is 13.2 Å². The highest BCUT2D eigenvalue weighted by atomic mass is 16.5. The third-order valence-electron chi connectivity index (χ3n) is 6.51. The molecule has 0 aliphatic carbocycles. The maximum Gasteiger partial charge on any atom is 0.225 e. The number of hydrogen-bond acceptors (Lipinski definition) is 3. The van der Waals surface area contributed by atoms with Gasteiger partial charge >= 0.3 is 0 Å². The van der Waals surface area contributed by atoms with Crippen LogP contribution >= 0.6 is 0 Å². The Hall–Kier alpha value is -1.71. The molecule has 26 heavy (non-hydrogen) atoms. The summed E-state index contributed by atoms with van der Waals surface area (Å²) in [6.07, 6.45) is 7.19. The third kappa shape index (κ3) is 3.19. The van der Waals surface area contributed by atoms with Gasteiger partial charge in [-0.15, -0.1) is 0 Å². The smallest absolute Gasteiger partial charge is 0.225 e. The van der Waals surface area contributed by atoms with E-state index in [1.807, 2.05) is 0 Å². The Morgan fingerprint density at radius 2 is 1.88 bits per heavy atom. The number of carbonyl (C=O) groups is 1. The van der Waals surface area contributed by atoms with Crippen molar-refractivity contribution in [2.24, 2.45) is 11.8 Å². The van der Waals surface area contributed by atoms with Crippen LogP contribution in [0.1, 0.15) is 56.2 Å². The second-order valence-corrected chi connectivity index (χ2v) is 8.00. The molecule has 3 heterocycles. The van der Waals surface area contributed by atoms with Gasteiger partial charge in [-0.25, -0.2) is 0 Å². The molecule has 3 aliphatic heterocycles. The van der Waals surface area contributed by atoms with Gasteiger partial charge in [0.1, 0.15) is 11.5 Å². The number of ether oxygens (including phenoxy) is 2. The molecule has 4 heteroatoms. The third-order valence-corrected chi connectivity index (χ3v) is 6.51. The molecule has 0 bridgehead atoms. The number of fused-ring (bicyclic) bond motifs is 2. The Bertz CT molecular complexity index is 640. The van der Waals surface area contributed by atoms with Gasteiger partial charge in [-0.05, 0) is 44.1 Å². The standard InChI is InChI=1S/C22H31NO3/c1-3-16(4-2)22(24)23-9-5-15(6-10-23)13-19-18-8-12-25-20(18)14-17-7-11-26-21(17)19/h14-16H,3-13H2,1-2H3. The molecule has 0 spiro atoms. The molecule has 1 saturated heterocycles. The molecule has 1 aromatic carbocycles. The average Bonchev–Trinajstić information content (AvgIpc) is 3.32. The van der Waals surface area contributed by atoms with E-state index >= 15 is 0 Å². The molecule has 0 unspecified atom stereocenters. The Kier molecular flexibility index (Phi) is 5.10. The van der Waals surface area contributed by atoms with E-state index in [9.17, 15) is 4.79 Å². The van der Waals surface area contributed by atoms with Crippen molar-refractivity contribution in [2.75, 3.05) is 26.3 Å². The number of nitrogens with zero attached hydrogens (tertiary/aromatic N) is 1. The molecule has 4 nitrogen and oxygen atoms in total. The Morgan fingerprint density at radius 1 is 1.15 bits per heavy atom. The second-order valence-electron chi connectivity index (χ2n) is 8.00. The van der Waals surface area contributed by atoms with Crippen LogP contribution in [0.2, 0.25) is 0 Å². The fraction of sp³-hybridized carbons (Fsp3) is 0.682. The average molecular weight is 357 g/mol. The molecule has 142 valence electrons. The van der Waals surface area contributed by atoms with Gasteiger partial charge in [-0.1, -0.05) is 13.8 Å². The normalized spacial score (nSPS) is 19.3. The fourth-order valence-electron chi connectivity index (χ4n) is 4.84. The maximum absolute atomic E-state index is 12.6. The number of piperidine rings is 1. The zero-order valence-corrected chi connectivity index (χ0v) is 16.2. The van der Waals surface area contributed by atoms with E-state index < -0.39 is 0 Å². The van der Waals surface area contributed by atoms with Crippen molar-refractivity contribution in [1.82, 2.24) is 4.90 Å². The number of likely N-dealkylation sites (tertiary alicyclic amines) is 1. The van der Waals surface area contributed by atoms with Crippen molar-refractivity contribution in [2.45, 2.75) is 58.8 Å². The first-order chi connectivity index (χ1) is 12.7. The van der Waals surface area contributed by atoms with E-state index in [1.165, 1.54) is 16.7 Å². The lowest BCUT2D eigenvalue weighted by Gasteiger charge is -2.34. The largest absolute Gasteiger partial charge is 0.493 e. The molecule has 0 N–H and O–H groups in total. The molecule has 0 atom stereocenters. The van der Waals surface area contributed by atoms with E-state index in [-0.39, 0.29) is 5.92 Å². The monoisotopic (exact) mass is 357 g/mol. The molecule has 1 amide bonds. The van der Waals surface area contributed by atoms with Crippen molar-refractivity contribution >= 4 is 5.91 Å². The Labute approximate surface area is 156 Å². The highest BCUT2D eigenvalue weighted by Gasteiger charge is 2.31. The van der Waals surface area contributed by atoms with Gasteiger partial charge in [0.2, 0.25) is 5.91 Å². The lowest BCUT2D eigenvalue weighted by atomic mass is 9.86. The summed E-state index contributed by atoms with van der Waals surface area (Å²) in [6.45, 7) is 7.67. The molecule has 1 fully saturated rings. The summed E-state index contributed by atoms with van der Waals surface area (Å²) in [4.78, 5) is 14.7. The van der Waals surface area contributed by atoms with Gasteiger partial charge in [0.25, 0.3) is 0 Å². The maximum atomic E-state index is 12.6. The van der Waals surface area contributed by atoms with Crippen molar-refractivity contribution in [3.63, 3.8) is 0 Å². The number of benzene rings is 1. The van der Waals surface area contributed by atoms with Crippen molar-refractivity contribution < 1.29 is 14.3 Å². The lowest BCUT2D eigenvalue weighted by molar-refractivity contribution is -0.137. The molecular formula is C22H31NO3. The summed E-state index contributed by atoms with van der Waals surface area (Å²) in [6, 6.07) is 2.20. The van der Waals surface area contributed by atoms with Crippen molar-refractivity contribution in [1.29, 1.82) is 0 Å². The van der Waals surface area contributed by atoms with E-state index in [0.717, 1.165) is 82.7 Å². The molecular weight excluding hydrogens is 326 g/mol. The predicted octanol–water partition coefficient (Wildman–Crippen LogP) is 3.77. The van der Waals surface area contributed by atoms with Crippen LogP contribution in [0.5, 0.6) is 11.5 Å². The van der Waals surface area contributed by atoms with Crippen LogP contribution in [0.15, 0.2) is 6.07 Å². The summed E-state index contributed by atoms with van der Waals surface area (Å²) in [7, 11) is 0. The molecule has 3 aliphatic rings. The fourth-order valence-corrected chi connectivity index (χ4v) is 4.84. The molecule has 0 radical (unpaired) electrons. The van der Waals surface area contributed by atoms with Crippen LogP contribution in [0.25, 0.3) is 0 Å². The lowest BCUT2D eigenvalue weighted by Crippen LogP contribution is -2.42. The van der Waals surface area contributed by atoms with Gasteiger partial charge in [0.15, 0.2) is 0 Å². The van der Waals surface area contributed by atoms with Crippen LogP contribution < -0.4 is 9.47 Å². The minimum Gasteiger partial charge on any atom is -0.493 e.